The Labute approximate surface area is 111 Å². The molecule has 1 atom stereocenters. The summed E-state index contributed by atoms with van der Waals surface area (Å²) >= 11 is 0. The lowest BCUT2D eigenvalue weighted by atomic mass is 10.1. The topological polar surface area (TPSA) is 89.7 Å². The van der Waals surface area contributed by atoms with Crippen LogP contribution in [-0.2, 0) is 11.3 Å². The zero-order chi connectivity index (χ0) is 14.3. The van der Waals surface area contributed by atoms with Crippen LogP contribution in [0.15, 0.2) is 24.3 Å². The molecule has 6 nitrogen and oxygen atoms in total. The molecule has 6 heteroatoms. The standard InChI is InChI=1S/C13H17NO5/c1-2-3-4-12(14(17)18)19-9-10-5-7-11(8-6-10)13(15)16/h5-8,12H,2-4,9H2,1H3,(H,15,16). The summed E-state index contributed by atoms with van der Waals surface area (Å²) in [5.41, 5.74) is 0.897. The third kappa shape index (κ3) is 5.05. The molecule has 1 aromatic rings. The minimum Gasteiger partial charge on any atom is -0.478 e. The number of hydrogen-bond acceptors (Lipinski definition) is 4. The fourth-order valence-corrected chi connectivity index (χ4v) is 1.56. The second kappa shape index (κ2) is 7.48. The maximum atomic E-state index is 10.8. The lowest BCUT2D eigenvalue weighted by Crippen LogP contribution is -2.22. The van der Waals surface area contributed by atoms with Gasteiger partial charge in [-0.3, -0.25) is 10.1 Å². The molecule has 0 fully saturated rings. The quantitative estimate of drug-likeness (QED) is 0.444. The van der Waals surface area contributed by atoms with Crippen molar-refractivity contribution in [2.24, 2.45) is 0 Å². The molecule has 0 saturated carbocycles. The maximum Gasteiger partial charge on any atom is 0.335 e. The number of carbonyl (C=O) groups is 1. The molecule has 0 bridgehead atoms. The van der Waals surface area contributed by atoms with Gasteiger partial charge in [-0.1, -0.05) is 25.5 Å². The second-order valence-corrected chi connectivity index (χ2v) is 4.20. The highest BCUT2D eigenvalue weighted by molar-refractivity contribution is 5.87. The molecule has 1 N–H and O–H groups in total. The Morgan fingerprint density at radius 3 is 2.53 bits per heavy atom. The molecule has 0 saturated heterocycles. The number of hydrogen-bond donors (Lipinski definition) is 1. The van der Waals surface area contributed by atoms with E-state index in [4.69, 9.17) is 9.84 Å². The van der Waals surface area contributed by atoms with Gasteiger partial charge in [0.05, 0.1) is 17.1 Å². The molecule has 1 unspecified atom stereocenters. The van der Waals surface area contributed by atoms with E-state index in [0.717, 1.165) is 12.8 Å². The molecule has 0 aliphatic heterocycles. The van der Waals surface area contributed by atoms with Gasteiger partial charge in [0, 0.05) is 6.42 Å². The third-order valence-electron chi connectivity index (χ3n) is 2.68. The molecule has 0 amide bonds. The first-order chi connectivity index (χ1) is 9.04. The van der Waals surface area contributed by atoms with Crippen LogP contribution in [0.25, 0.3) is 0 Å². The number of carboxylic acid groups (broad SMARTS) is 1. The van der Waals surface area contributed by atoms with E-state index in [9.17, 15) is 14.9 Å². The number of carboxylic acids is 1. The van der Waals surface area contributed by atoms with Crippen molar-refractivity contribution in [2.75, 3.05) is 0 Å². The predicted octanol–water partition coefficient (Wildman–Crippen LogP) is 2.69. The molecular formula is C13H17NO5. The van der Waals surface area contributed by atoms with Crippen LogP contribution in [0.3, 0.4) is 0 Å². The maximum absolute atomic E-state index is 10.8. The second-order valence-electron chi connectivity index (χ2n) is 4.20. The SMILES string of the molecule is CCCCC(OCc1ccc(C(=O)O)cc1)[N+](=O)[O-]. The van der Waals surface area contributed by atoms with Crippen LogP contribution in [0.1, 0.15) is 42.1 Å². The van der Waals surface area contributed by atoms with Gasteiger partial charge < -0.3 is 9.84 Å². The van der Waals surface area contributed by atoms with Gasteiger partial charge in [-0.2, -0.15) is 0 Å². The zero-order valence-electron chi connectivity index (χ0n) is 10.7. The Bertz CT molecular complexity index is 429. The monoisotopic (exact) mass is 267 g/mol. The van der Waals surface area contributed by atoms with Gasteiger partial charge >= 0.3 is 12.2 Å². The molecule has 1 aromatic carbocycles. The summed E-state index contributed by atoms with van der Waals surface area (Å²) in [6.07, 6.45) is 1.00. The van der Waals surface area contributed by atoms with E-state index in [1.165, 1.54) is 12.1 Å². The highest BCUT2D eigenvalue weighted by atomic mass is 16.7. The summed E-state index contributed by atoms with van der Waals surface area (Å²) in [6, 6.07) is 6.10. The largest absolute Gasteiger partial charge is 0.478 e. The van der Waals surface area contributed by atoms with E-state index in [2.05, 4.69) is 0 Å². The smallest absolute Gasteiger partial charge is 0.335 e. The van der Waals surface area contributed by atoms with Crippen molar-refractivity contribution >= 4 is 5.97 Å². The molecule has 19 heavy (non-hydrogen) atoms. The minimum atomic E-state index is -1.00. The number of rotatable bonds is 8. The van der Waals surface area contributed by atoms with Crippen molar-refractivity contribution < 1.29 is 19.6 Å². The van der Waals surface area contributed by atoms with Crippen LogP contribution < -0.4 is 0 Å². The summed E-state index contributed by atoms with van der Waals surface area (Å²) in [7, 11) is 0. The summed E-state index contributed by atoms with van der Waals surface area (Å²) in [4.78, 5) is 21.0. The van der Waals surface area contributed by atoms with Crippen molar-refractivity contribution in [3.05, 3.63) is 45.5 Å². The van der Waals surface area contributed by atoms with Crippen LogP contribution >= 0.6 is 0 Å². The Morgan fingerprint density at radius 1 is 1.42 bits per heavy atom. The molecule has 0 aliphatic rings. The van der Waals surface area contributed by atoms with Crippen molar-refractivity contribution in [1.82, 2.24) is 0 Å². The van der Waals surface area contributed by atoms with Gasteiger partial charge in [0.1, 0.15) is 0 Å². The Kier molecular flexibility index (Phi) is 5.95. The van der Waals surface area contributed by atoms with Gasteiger partial charge in [0.15, 0.2) is 0 Å². The average Bonchev–Trinajstić information content (AvgIpc) is 2.39. The van der Waals surface area contributed by atoms with Gasteiger partial charge in [-0.15, -0.1) is 0 Å². The number of ether oxygens (including phenoxy) is 1. The predicted molar refractivity (Wildman–Crippen MR) is 68.5 cm³/mol. The fourth-order valence-electron chi connectivity index (χ4n) is 1.56. The van der Waals surface area contributed by atoms with Crippen LogP contribution in [0.4, 0.5) is 0 Å². The molecule has 0 aliphatic carbocycles. The number of aromatic carboxylic acids is 1. The van der Waals surface area contributed by atoms with Crippen molar-refractivity contribution in [3.8, 4) is 0 Å². The summed E-state index contributed by atoms with van der Waals surface area (Å²) in [5, 5.41) is 19.5. The first kappa shape index (κ1) is 15.1. The first-order valence-electron chi connectivity index (χ1n) is 6.12. The van der Waals surface area contributed by atoms with Crippen LogP contribution in [-0.4, -0.2) is 22.2 Å². The van der Waals surface area contributed by atoms with Crippen LogP contribution in [0.5, 0.6) is 0 Å². The van der Waals surface area contributed by atoms with Gasteiger partial charge in [-0.05, 0) is 24.1 Å². The molecule has 0 radical (unpaired) electrons. The van der Waals surface area contributed by atoms with Gasteiger partial charge in [0.25, 0.3) is 0 Å². The van der Waals surface area contributed by atoms with Gasteiger partial charge in [0.2, 0.25) is 0 Å². The Balaban J connectivity index is 2.54. The van der Waals surface area contributed by atoms with E-state index in [-0.39, 0.29) is 12.2 Å². The van der Waals surface area contributed by atoms with Gasteiger partial charge in [-0.25, -0.2) is 4.79 Å². The van der Waals surface area contributed by atoms with Crippen molar-refractivity contribution in [2.45, 2.75) is 39.0 Å². The zero-order valence-corrected chi connectivity index (χ0v) is 10.7. The van der Waals surface area contributed by atoms with Crippen LogP contribution in [0, 0.1) is 10.1 Å². The third-order valence-corrected chi connectivity index (χ3v) is 2.68. The Morgan fingerprint density at radius 2 is 2.05 bits per heavy atom. The first-order valence-corrected chi connectivity index (χ1v) is 6.12. The normalized spacial score (nSPS) is 12.1. The van der Waals surface area contributed by atoms with E-state index >= 15 is 0 Å². The average molecular weight is 267 g/mol. The number of nitrogens with zero attached hydrogens (tertiary/aromatic N) is 1. The molecule has 0 aromatic heterocycles. The van der Waals surface area contributed by atoms with E-state index in [0.29, 0.717) is 12.0 Å². The molecule has 0 heterocycles. The lowest BCUT2D eigenvalue weighted by molar-refractivity contribution is -0.578. The molecular weight excluding hydrogens is 250 g/mol. The molecule has 0 spiro atoms. The lowest BCUT2D eigenvalue weighted by Gasteiger charge is -2.10. The molecule has 104 valence electrons. The fraction of sp³-hybridized carbons (Fsp3) is 0.462. The highest BCUT2D eigenvalue weighted by Crippen LogP contribution is 2.11. The highest BCUT2D eigenvalue weighted by Gasteiger charge is 2.19. The number of unbranched alkanes of at least 4 members (excludes halogenated alkanes) is 1. The van der Waals surface area contributed by atoms with Crippen LogP contribution in [0.2, 0.25) is 0 Å². The minimum absolute atomic E-state index is 0.106. The number of benzene rings is 1. The van der Waals surface area contributed by atoms with E-state index in [1.807, 2.05) is 6.92 Å². The summed E-state index contributed by atoms with van der Waals surface area (Å²) in [6.45, 7) is 2.07. The molecule has 1 rings (SSSR count). The van der Waals surface area contributed by atoms with E-state index in [1.54, 1.807) is 12.1 Å². The van der Waals surface area contributed by atoms with E-state index < -0.39 is 17.1 Å². The van der Waals surface area contributed by atoms with Crippen molar-refractivity contribution in [3.63, 3.8) is 0 Å². The summed E-state index contributed by atoms with van der Waals surface area (Å²) in [5.74, 6) is -1.00. The Hall–Kier alpha value is -1.95. The summed E-state index contributed by atoms with van der Waals surface area (Å²) < 4.78 is 5.25. The number of nitro groups is 1. The van der Waals surface area contributed by atoms with Crippen molar-refractivity contribution in [1.29, 1.82) is 0 Å².